The fourth-order valence-corrected chi connectivity index (χ4v) is 4.43. The highest BCUT2D eigenvalue weighted by Gasteiger charge is 2.34. The van der Waals surface area contributed by atoms with Crippen LogP contribution in [-0.2, 0) is 23.9 Å². The molecular weight excluding hydrogens is 518 g/mol. The lowest BCUT2D eigenvalue weighted by Gasteiger charge is -2.35. The molecule has 0 aliphatic carbocycles. The molecular formula is C23H27F3IN3O. The molecule has 31 heavy (non-hydrogen) atoms. The van der Waals surface area contributed by atoms with Crippen LogP contribution in [0.25, 0.3) is 0 Å². The molecule has 1 aliphatic heterocycles. The molecule has 3 rings (SSSR count). The zero-order valence-corrected chi connectivity index (χ0v) is 19.7. The van der Waals surface area contributed by atoms with Crippen LogP contribution in [0.2, 0.25) is 0 Å². The molecule has 1 N–H and O–H groups in total. The molecule has 8 heteroatoms. The minimum Gasteiger partial charge on any atom is -0.326 e. The van der Waals surface area contributed by atoms with Gasteiger partial charge in [0.25, 0.3) is 0 Å². The number of carbonyl (C=O) groups excluding carboxylic acids is 1. The SMILES string of the molecule is CCCN1CCN(Cc2ccc(NC(=O)Cc3cccc(I)c3)cc2C(F)(F)F)CC1. The number of carbonyl (C=O) groups is 1. The van der Waals surface area contributed by atoms with Gasteiger partial charge in [0.15, 0.2) is 0 Å². The molecule has 4 nitrogen and oxygen atoms in total. The van der Waals surface area contributed by atoms with E-state index in [0.29, 0.717) is 0 Å². The van der Waals surface area contributed by atoms with Crippen molar-refractivity contribution in [1.29, 1.82) is 0 Å². The smallest absolute Gasteiger partial charge is 0.326 e. The molecule has 1 saturated heterocycles. The summed E-state index contributed by atoms with van der Waals surface area (Å²) in [7, 11) is 0. The van der Waals surface area contributed by atoms with E-state index in [4.69, 9.17) is 0 Å². The Kier molecular flexibility index (Phi) is 8.35. The molecule has 0 unspecified atom stereocenters. The van der Waals surface area contributed by atoms with E-state index in [1.807, 2.05) is 24.3 Å². The Morgan fingerprint density at radius 2 is 1.77 bits per heavy atom. The molecule has 0 saturated carbocycles. The van der Waals surface area contributed by atoms with Gasteiger partial charge in [0.05, 0.1) is 12.0 Å². The highest BCUT2D eigenvalue weighted by atomic mass is 127. The van der Waals surface area contributed by atoms with Crippen LogP contribution in [-0.4, -0.2) is 48.4 Å². The number of rotatable bonds is 7. The number of hydrogen-bond donors (Lipinski definition) is 1. The van der Waals surface area contributed by atoms with E-state index < -0.39 is 11.7 Å². The number of amides is 1. The van der Waals surface area contributed by atoms with E-state index in [1.54, 1.807) is 6.07 Å². The Hall–Kier alpha value is -1.65. The molecule has 1 fully saturated rings. The highest BCUT2D eigenvalue weighted by molar-refractivity contribution is 14.1. The van der Waals surface area contributed by atoms with E-state index in [2.05, 4.69) is 44.6 Å². The molecule has 1 aliphatic rings. The van der Waals surface area contributed by atoms with E-state index >= 15 is 0 Å². The van der Waals surface area contributed by atoms with Crippen molar-refractivity contribution >= 4 is 34.2 Å². The summed E-state index contributed by atoms with van der Waals surface area (Å²) in [6, 6.07) is 11.6. The first-order valence-corrected chi connectivity index (χ1v) is 11.5. The Morgan fingerprint density at radius 1 is 1.06 bits per heavy atom. The van der Waals surface area contributed by atoms with Crippen molar-refractivity contribution in [2.45, 2.75) is 32.5 Å². The van der Waals surface area contributed by atoms with Gasteiger partial charge in [-0.1, -0.05) is 25.1 Å². The standard InChI is InChI=1S/C23H27F3IN3O/c1-2-8-29-9-11-30(12-10-29)16-18-6-7-20(15-21(18)23(24,25)26)28-22(31)14-17-4-3-5-19(27)13-17/h3-7,13,15H,2,8-12,14,16H2,1H3,(H,28,31). The molecule has 0 bridgehead atoms. The quantitative estimate of drug-likeness (QED) is 0.497. The second kappa shape index (κ2) is 10.8. The minimum atomic E-state index is -4.48. The molecule has 0 spiro atoms. The van der Waals surface area contributed by atoms with Crippen LogP contribution in [0.4, 0.5) is 18.9 Å². The van der Waals surface area contributed by atoms with Crippen LogP contribution < -0.4 is 5.32 Å². The molecule has 168 valence electrons. The average molecular weight is 545 g/mol. The largest absolute Gasteiger partial charge is 0.416 e. The van der Waals surface area contributed by atoms with Crippen LogP contribution in [0.15, 0.2) is 42.5 Å². The Morgan fingerprint density at radius 3 is 2.42 bits per heavy atom. The van der Waals surface area contributed by atoms with Crippen LogP contribution in [0.1, 0.15) is 30.0 Å². The fourth-order valence-electron chi connectivity index (χ4n) is 3.82. The Bertz CT molecular complexity index is 896. The van der Waals surface area contributed by atoms with Gasteiger partial charge in [-0.25, -0.2) is 0 Å². The third-order valence-corrected chi connectivity index (χ3v) is 6.02. The zero-order valence-electron chi connectivity index (χ0n) is 17.5. The van der Waals surface area contributed by atoms with Crippen molar-refractivity contribution in [2.75, 3.05) is 38.0 Å². The number of nitrogens with one attached hydrogen (secondary N) is 1. The second-order valence-corrected chi connectivity index (χ2v) is 9.09. The van der Waals surface area contributed by atoms with Crippen LogP contribution >= 0.6 is 22.6 Å². The van der Waals surface area contributed by atoms with Gasteiger partial charge < -0.3 is 10.2 Å². The van der Waals surface area contributed by atoms with Crippen LogP contribution in [0, 0.1) is 3.57 Å². The molecule has 2 aromatic carbocycles. The average Bonchev–Trinajstić information content (AvgIpc) is 2.70. The molecule has 1 heterocycles. The highest BCUT2D eigenvalue weighted by Crippen LogP contribution is 2.34. The maximum Gasteiger partial charge on any atom is 0.416 e. The predicted molar refractivity (Wildman–Crippen MR) is 125 cm³/mol. The summed E-state index contributed by atoms with van der Waals surface area (Å²) in [5, 5.41) is 2.61. The Labute approximate surface area is 194 Å². The molecule has 2 aromatic rings. The number of alkyl halides is 3. The summed E-state index contributed by atoms with van der Waals surface area (Å²) < 4.78 is 42.2. The van der Waals surface area contributed by atoms with Crippen molar-refractivity contribution in [3.8, 4) is 0 Å². The van der Waals surface area contributed by atoms with Gasteiger partial charge in [0, 0.05) is 42.0 Å². The molecule has 0 atom stereocenters. The summed E-state index contributed by atoms with van der Waals surface area (Å²) >= 11 is 2.16. The van der Waals surface area contributed by atoms with Gasteiger partial charge in [-0.3, -0.25) is 9.69 Å². The summed E-state index contributed by atoms with van der Waals surface area (Å²) in [4.78, 5) is 16.7. The number of benzene rings is 2. The monoisotopic (exact) mass is 545 g/mol. The number of piperazine rings is 1. The van der Waals surface area contributed by atoms with Gasteiger partial charge >= 0.3 is 6.18 Å². The van der Waals surface area contributed by atoms with Gasteiger partial charge in [0.2, 0.25) is 5.91 Å². The number of anilines is 1. The van der Waals surface area contributed by atoms with Crippen molar-refractivity contribution in [2.24, 2.45) is 0 Å². The first-order valence-electron chi connectivity index (χ1n) is 10.4. The fraction of sp³-hybridized carbons (Fsp3) is 0.435. The lowest BCUT2D eigenvalue weighted by molar-refractivity contribution is -0.138. The lowest BCUT2D eigenvalue weighted by atomic mass is 10.0. The van der Waals surface area contributed by atoms with Crippen molar-refractivity contribution < 1.29 is 18.0 Å². The molecule has 0 aromatic heterocycles. The molecule has 0 radical (unpaired) electrons. The van der Waals surface area contributed by atoms with Gasteiger partial charge in [-0.2, -0.15) is 13.2 Å². The lowest BCUT2D eigenvalue weighted by Crippen LogP contribution is -2.46. The first kappa shape index (κ1) is 24.0. The zero-order chi connectivity index (χ0) is 22.4. The van der Waals surface area contributed by atoms with E-state index in [9.17, 15) is 18.0 Å². The van der Waals surface area contributed by atoms with Crippen molar-refractivity contribution in [1.82, 2.24) is 9.80 Å². The second-order valence-electron chi connectivity index (χ2n) is 7.84. The number of nitrogens with zero attached hydrogens (tertiary/aromatic N) is 2. The van der Waals surface area contributed by atoms with E-state index in [-0.39, 0.29) is 30.1 Å². The van der Waals surface area contributed by atoms with Crippen molar-refractivity contribution in [3.63, 3.8) is 0 Å². The van der Waals surface area contributed by atoms with E-state index in [1.165, 1.54) is 6.07 Å². The first-order chi connectivity index (χ1) is 14.7. The topological polar surface area (TPSA) is 35.6 Å². The maximum absolute atomic E-state index is 13.7. The minimum absolute atomic E-state index is 0.113. The summed E-state index contributed by atoms with van der Waals surface area (Å²) in [5.74, 6) is -0.338. The third kappa shape index (κ3) is 7.18. The Balaban J connectivity index is 1.68. The van der Waals surface area contributed by atoms with Gasteiger partial charge in [-0.15, -0.1) is 0 Å². The number of hydrogen-bond acceptors (Lipinski definition) is 3. The molecule has 1 amide bonds. The summed E-state index contributed by atoms with van der Waals surface area (Å²) in [5.41, 5.74) is 0.543. The summed E-state index contributed by atoms with van der Waals surface area (Å²) in [6.45, 7) is 6.67. The predicted octanol–water partition coefficient (Wildman–Crippen LogP) is 5.02. The van der Waals surface area contributed by atoms with Crippen LogP contribution in [0.3, 0.4) is 0 Å². The third-order valence-electron chi connectivity index (χ3n) is 5.35. The van der Waals surface area contributed by atoms with Gasteiger partial charge in [0.1, 0.15) is 0 Å². The normalized spacial score (nSPS) is 15.8. The maximum atomic E-state index is 13.7. The number of halogens is 4. The van der Waals surface area contributed by atoms with E-state index in [0.717, 1.165) is 54.3 Å². The van der Waals surface area contributed by atoms with Crippen molar-refractivity contribution in [3.05, 3.63) is 62.7 Å². The summed E-state index contributed by atoms with van der Waals surface area (Å²) in [6.07, 6.45) is -3.29. The van der Waals surface area contributed by atoms with Crippen LogP contribution in [0.5, 0.6) is 0 Å². The van der Waals surface area contributed by atoms with Gasteiger partial charge in [-0.05, 0) is 70.9 Å².